The van der Waals surface area contributed by atoms with Crippen LogP contribution in [0.1, 0.15) is 50.2 Å². The third-order valence-corrected chi connectivity index (χ3v) is 4.02. The van der Waals surface area contributed by atoms with Crippen molar-refractivity contribution in [3.05, 3.63) is 29.3 Å². The standard InChI is InChI=1S/C17H25NO2/c1-12-8-7-9-13(2)16(12)20-14(3)17(19)18-15-10-5-4-6-11-15/h7-9,14-15H,4-6,10-11H2,1-3H3,(H,18,19). The highest BCUT2D eigenvalue weighted by atomic mass is 16.5. The molecule has 0 aromatic heterocycles. The lowest BCUT2D eigenvalue weighted by molar-refractivity contribution is -0.128. The fourth-order valence-corrected chi connectivity index (χ4v) is 2.78. The van der Waals surface area contributed by atoms with Crippen LogP contribution >= 0.6 is 0 Å². The summed E-state index contributed by atoms with van der Waals surface area (Å²) >= 11 is 0. The molecule has 1 aromatic carbocycles. The number of para-hydroxylation sites is 1. The molecule has 20 heavy (non-hydrogen) atoms. The zero-order valence-corrected chi connectivity index (χ0v) is 12.7. The first-order chi connectivity index (χ1) is 9.58. The van der Waals surface area contributed by atoms with Gasteiger partial charge in [-0.15, -0.1) is 0 Å². The fraction of sp³-hybridized carbons (Fsp3) is 0.588. The SMILES string of the molecule is Cc1cccc(C)c1OC(C)C(=O)NC1CCCCC1. The highest BCUT2D eigenvalue weighted by Crippen LogP contribution is 2.24. The van der Waals surface area contributed by atoms with E-state index in [-0.39, 0.29) is 5.91 Å². The molecule has 0 spiro atoms. The van der Waals surface area contributed by atoms with Crippen molar-refractivity contribution < 1.29 is 9.53 Å². The molecule has 1 atom stereocenters. The molecule has 0 aliphatic heterocycles. The molecule has 1 aliphatic rings. The Morgan fingerprint density at radius 3 is 2.40 bits per heavy atom. The van der Waals surface area contributed by atoms with Crippen LogP contribution in [0.15, 0.2) is 18.2 Å². The number of hydrogen-bond donors (Lipinski definition) is 1. The summed E-state index contributed by atoms with van der Waals surface area (Å²) in [7, 11) is 0. The third kappa shape index (κ3) is 3.75. The van der Waals surface area contributed by atoms with E-state index in [1.54, 1.807) is 0 Å². The summed E-state index contributed by atoms with van der Waals surface area (Å²) in [6, 6.07) is 6.35. The van der Waals surface area contributed by atoms with Crippen LogP contribution < -0.4 is 10.1 Å². The van der Waals surface area contributed by atoms with Gasteiger partial charge < -0.3 is 10.1 Å². The molecule has 3 nitrogen and oxygen atoms in total. The minimum Gasteiger partial charge on any atom is -0.480 e. The Labute approximate surface area is 121 Å². The largest absolute Gasteiger partial charge is 0.480 e. The van der Waals surface area contributed by atoms with Gasteiger partial charge in [-0.2, -0.15) is 0 Å². The molecule has 0 heterocycles. The highest BCUT2D eigenvalue weighted by molar-refractivity contribution is 5.81. The number of ether oxygens (including phenoxy) is 1. The monoisotopic (exact) mass is 275 g/mol. The number of rotatable bonds is 4. The van der Waals surface area contributed by atoms with Gasteiger partial charge in [0, 0.05) is 6.04 Å². The Morgan fingerprint density at radius 1 is 1.20 bits per heavy atom. The quantitative estimate of drug-likeness (QED) is 0.913. The van der Waals surface area contributed by atoms with Crippen molar-refractivity contribution in [1.82, 2.24) is 5.32 Å². The maximum atomic E-state index is 12.2. The van der Waals surface area contributed by atoms with Gasteiger partial charge in [-0.1, -0.05) is 37.5 Å². The topological polar surface area (TPSA) is 38.3 Å². The van der Waals surface area contributed by atoms with Gasteiger partial charge in [0.2, 0.25) is 0 Å². The first-order valence-corrected chi connectivity index (χ1v) is 7.61. The van der Waals surface area contributed by atoms with Crippen molar-refractivity contribution in [3.8, 4) is 5.75 Å². The average Bonchev–Trinajstić information content (AvgIpc) is 2.44. The van der Waals surface area contributed by atoms with Crippen LogP contribution in [0.4, 0.5) is 0 Å². The molecule has 110 valence electrons. The second kappa shape index (κ2) is 6.78. The summed E-state index contributed by atoms with van der Waals surface area (Å²) in [5, 5.41) is 3.11. The number of amides is 1. The van der Waals surface area contributed by atoms with E-state index in [0.717, 1.165) is 29.7 Å². The summed E-state index contributed by atoms with van der Waals surface area (Å²) in [6.07, 6.45) is 5.48. The van der Waals surface area contributed by atoms with Gasteiger partial charge in [0.05, 0.1) is 0 Å². The van der Waals surface area contributed by atoms with Crippen LogP contribution in [0.2, 0.25) is 0 Å². The molecule has 1 aliphatic carbocycles. The highest BCUT2D eigenvalue weighted by Gasteiger charge is 2.21. The Morgan fingerprint density at radius 2 is 1.80 bits per heavy atom. The molecule has 1 aromatic rings. The predicted molar refractivity (Wildman–Crippen MR) is 81.0 cm³/mol. The maximum Gasteiger partial charge on any atom is 0.260 e. The fourth-order valence-electron chi connectivity index (χ4n) is 2.78. The smallest absolute Gasteiger partial charge is 0.260 e. The van der Waals surface area contributed by atoms with Crippen LogP contribution in [-0.2, 0) is 4.79 Å². The lowest BCUT2D eigenvalue weighted by Crippen LogP contribution is -2.43. The van der Waals surface area contributed by atoms with Crippen molar-refractivity contribution in [3.63, 3.8) is 0 Å². The van der Waals surface area contributed by atoms with Crippen molar-refractivity contribution in [2.24, 2.45) is 0 Å². The Balaban J connectivity index is 1.93. The maximum absolute atomic E-state index is 12.2. The van der Waals surface area contributed by atoms with Crippen LogP contribution in [0.25, 0.3) is 0 Å². The van der Waals surface area contributed by atoms with Gasteiger partial charge in [0.25, 0.3) is 5.91 Å². The van der Waals surface area contributed by atoms with Crippen LogP contribution in [0.5, 0.6) is 5.75 Å². The molecule has 1 amide bonds. The molecule has 0 saturated heterocycles. The van der Waals surface area contributed by atoms with Crippen LogP contribution in [0, 0.1) is 13.8 Å². The number of carbonyl (C=O) groups excluding carboxylic acids is 1. The van der Waals surface area contributed by atoms with Crippen LogP contribution in [-0.4, -0.2) is 18.1 Å². The van der Waals surface area contributed by atoms with E-state index in [1.165, 1.54) is 19.3 Å². The van der Waals surface area contributed by atoms with E-state index in [1.807, 2.05) is 39.0 Å². The molecular formula is C17H25NO2. The summed E-state index contributed by atoms with van der Waals surface area (Å²) in [5.41, 5.74) is 2.14. The molecular weight excluding hydrogens is 250 g/mol. The molecule has 1 fully saturated rings. The summed E-state index contributed by atoms with van der Waals surface area (Å²) in [6.45, 7) is 5.84. The molecule has 0 bridgehead atoms. The molecule has 2 rings (SSSR count). The molecule has 0 radical (unpaired) electrons. The normalized spacial score (nSPS) is 17.6. The minimum absolute atomic E-state index is 0.000414. The Kier molecular flexibility index (Phi) is 5.05. The van der Waals surface area contributed by atoms with E-state index < -0.39 is 6.10 Å². The molecule has 1 N–H and O–H groups in total. The Hall–Kier alpha value is -1.51. The second-order valence-electron chi connectivity index (χ2n) is 5.82. The van der Waals surface area contributed by atoms with Gasteiger partial charge >= 0.3 is 0 Å². The van der Waals surface area contributed by atoms with Gasteiger partial charge in [-0.3, -0.25) is 4.79 Å². The first kappa shape index (κ1) is 14.9. The summed E-state index contributed by atoms with van der Waals surface area (Å²) < 4.78 is 5.87. The van der Waals surface area contributed by atoms with Crippen LogP contribution in [0.3, 0.4) is 0 Å². The number of aryl methyl sites for hydroxylation is 2. The molecule has 3 heteroatoms. The van der Waals surface area contributed by atoms with E-state index in [9.17, 15) is 4.79 Å². The van der Waals surface area contributed by atoms with Gasteiger partial charge in [-0.05, 0) is 44.7 Å². The van der Waals surface area contributed by atoms with E-state index in [0.29, 0.717) is 6.04 Å². The summed E-state index contributed by atoms with van der Waals surface area (Å²) in [5.74, 6) is 0.832. The number of carbonyl (C=O) groups is 1. The average molecular weight is 275 g/mol. The van der Waals surface area contributed by atoms with Gasteiger partial charge in [0.1, 0.15) is 5.75 Å². The van der Waals surface area contributed by atoms with Crippen molar-refractivity contribution in [2.45, 2.75) is 65.0 Å². The molecule has 1 unspecified atom stereocenters. The van der Waals surface area contributed by atoms with Crippen molar-refractivity contribution >= 4 is 5.91 Å². The zero-order chi connectivity index (χ0) is 14.5. The number of nitrogens with one attached hydrogen (secondary N) is 1. The van der Waals surface area contributed by atoms with Crippen molar-refractivity contribution in [2.75, 3.05) is 0 Å². The van der Waals surface area contributed by atoms with Gasteiger partial charge in [-0.25, -0.2) is 0 Å². The third-order valence-electron chi connectivity index (χ3n) is 4.02. The lowest BCUT2D eigenvalue weighted by Gasteiger charge is -2.25. The van der Waals surface area contributed by atoms with Gasteiger partial charge in [0.15, 0.2) is 6.10 Å². The lowest BCUT2D eigenvalue weighted by atomic mass is 9.95. The predicted octanol–water partition coefficient (Wildman–Crippen LogP) is 3.52. The van der Waals surface area contributed by atoms with E-state index in [4.69, 9.17) is 4.74 Å². The number of benzene rings is 1. The molecule has 1 saturated carbocycles. The zero-order valence-electron chi connectivity index (χ0n) is 12.7. The number of hydrogen-bond acceptors (Lipinski definition) is 2. The Bertz CT molecular complexity index is 444. The second-order valence-corrected chi connectivity index (χ2v) is 5.82. The first-order valence-electron chi connectivity index (χ1n) is 7.61. The summed E-state index contributed by atoms with van der Waals surface area (Å²) in [4.78, 5) is 12.2. The minimum atomic E-state index is -0.447. The van der Waals surface area contributed by atoms with E-state index >= 15 is 0 Å². The van der Waals surface area contributed by atoms with E-state index in [2.05, 4.69) is 5.32 Å². The van der Waals surface area contributed by atoms with Crippen molar-refractivity contribution in [1.29, 1.82) is 0 Å².